The van der Waals surface area contributed by atoms with Gasteiger partial charge in [0.15, 0.2) is 0 Å². The van der Waals surface area contributed by atoms with Crippen LogP contribution in [0.3, 0.4) is 0 Å². The highest BCUT2D eigenvalue weighted by Gasteiger charge is 2.13. The second-order valence-electron chi connectivity index (χ2n) is 3.80. The molecule has 6 heteroatoms. The van der Waals surface area contributed by atoms with Gasteiger partial charge in [-0.2, -0.15) is 5.26 Å². The maximum atomic E-state index is 10.6. The Hall–Kier alpha value is -1.36. The fraction of sp³-hybridized carbons (Fsp3) is 0.364. The first-order valence-electron chi connectivity index (χ1n) is 5.00. The summed E-state index contributed by atoms with van der Waals surface area (Å²) in [5.41, 5.74) is 0.984. The zero-order valence-electron chi connectivity index (χ0n) is 9.55. The summed E-state index contributed by atoms with van der Waals surface area (Å²) < 4.78 is 0.810. The number of anilines is 1. The summed E-state index contributed by atoms with van der Waals surface area (Å²) in [6.45, 7) is 2.44. The van der Waals surface area contributed by atoms with Crippen LogP contribution in [0.1, 0.15) is 6.92 Å². The predicted molar refractivity (Wildman–Crippen MR) is 73.9 cm³/mol. The Bertz CT molecular complexity index is 470. The molecule has 0 fully saturated rings. The summed E-state index contributed by atoms with van der Waals surface area (Å²) in [6.07, 6.45) is 0. The summed E-state index contributed by atoms with van der Waals surface area (Å²) in [7, 11) is 1.87. The molecule has 17 heavy (non-hydrogen) atoms. The van der Waals surface area contributed by atoms with Crippen molar-refractivity contribution in [2.24, 2.45) is 5.92 Å². The van der Waals surface area contributed by atoms with Crippen molar-refractivity contribution in [1.82, 2.24) is 0 Å². The Balaban J connectivity index is 2.93. The van der Waals surface area contributed by atoms with Gasteiger partial charge in [0.25, 0.3) is 5.69 Å². The summed E-state index contributed by atoms with van der Waals surface area (Å²) >= 11 is 2.06. The van der Waals surface area contributed by atoms with Gasteiger partial charge in [-0.05, 0) is 35.6 Å². The van der Waals surface area contributed by atoms with Gasteiger partial charge < -0.3 is 4.90 Å². The molecule has 0 aliphatic heterocycles. The molecule has 0 heterocycles. The number of nitriles is 1. The number of non-ortho nitro benzene ring substituents is 1. The topological polar surface area (TPSA) is 70.2 Å². The first kappa shape index (κ1) is 13.7. The SMILES string of the molecule is CC(C#N)CN(C)c1ccc([N+](=O)[O-])cc1I. The summed E-state index contributed by atoms with van der Waals surface area (Å²) in [5, 5.41) is 19.4. The third kappa shape index (κ3) is 3.56. The molecule has 1 rings (SSSR count). The van der Waals surface area contributed by atoms with Crippen molar-refractivity contribution in [2.75, 3.05) is 18.5 Å². The standard InChI is InChI=1S/C11H12IN3O2/c1-8(6-13)7-14(2)11-4-3-9(15(16)17)5-10(11)12/h3-5,8H,7H2,1-2H3. The number of nitrogens with zero attached hydrogens (tertiary/aromatic N) is 3. The molecular weight excluding hydrogens is 333 g/mol. The number of halogens is 1. The molecule has 5 nitrogen and oxygen atoms in total. The van der Waals surface area contributed by atoms with Crippen LogP contribution in [-0.2, 0) is 0 Å². The van der Waals surface area contributed by atoms with Gasteiger partial charge in [-0.3, -0.25) is 10.1 Å². The molecule has 0 bridgehead atoms. The van der Waals surface area contributed by atoms with Gasteiger partial charge in [-0.1, -0.05) is 0 Å². The van der Waals surface area contributed by atoms with Gasteiger partial charge >= 0.3 is 0 Å². The van der Waals surface area contributed by atoms with Crippen LogP contribution in [0.5, 0.6) is 0 Å². The van der Waals surface area contributed by atoms with E-state index in [0.29, 0.717) is 6.54 Å². The highest BCUT2D eigenvalue weighted by molar-refractivity contribution is 14.1. The minimum absolute atomic E-state index is 0.0778. The molecule has 0 aliphatic rings. The number of rotatable bonds is 4. The van der Waals surface area contributed by atoms with Crippen molar-refractivity contribution >= 4 is 34.0 Å². The van der Waals surface area contributed by atoms with Gasteiger partial charge in [-0.15, -0.1) is 0 Å². The molecule has 0 aromatic heterocycles. The molecule has 1 aromatic carbocycles. The van der Waals surface area contributed by atoms with Gasteiger partial charge in [0.05, 0.1) is 22.6 Å². The monoisotopic (exact) mass is 345 g/mol. The maximum absolute atomic E-state index is 10.6. The van der Waals surface area contributed by atoms with E-state index in [-0.39, 0.29) is 11.6 Å². The van der Waals surface area contributed by atoms with Crippen LogP contribution in [-0.4, -0.2) is 18.5 Å². The molecular formula is C11H12IN3O2. The lowest BCUT2D eigenvalue weighted by atomic mass is 10.2. The lowest BCUT2D eigenvalue weighted by Gasteiger charge is -2.21. The van der Waals surface area contributed by atoms with Gasteiger partial charge in [0.1, 0.15) is 0 Å². The third-order valence-electron chi connectivity index (χ3n) is 2.32. The van der Waals surface area contributed by atoms with E-state index in [1.807, 2.05) is 18.9 Å². The van der Waals surface area contributed by atoms with Gasteiger partial charge in [-0.25, -0.2) is 0 Å². The molecule has 0 radical (unpaired) electrons. The average molecular weight is 345 g/mol. The average Bonchev–Trinajstić information content (AvgIpc) is 2.28. The number of nitro groups is 1. The molecule has 0 saturated heterocycles. The van der Waals surface area contributed by atoms with E-state index in [1.165, 1.54) is 12.1 Å². The lowest BCUT2D eigenvalue weighted by Crippen LogP contribution is -2.23. The molecule has 0 aliphatic carbocycles. The van der Waals surface area contributed by atoms with Crippen molar-refractivity contribution in [2.45, 2.75) is 6.92 Å². The van der Waals surface area contributed by atoms with Crippen molar-refractivity contribution in [3.63, 3.8) is 0 Å². The Labute approximate surface area is 113 Å². The predicted octanol–water partition coefficient (Wildman–Crippen LogP) is 2.80. The van der Waals surface area contributed by atoms with Crippen LogP contribution < -0.4 is 4.90 Å². The first-order chi connectivity index (χ1) is 7.95. The zero-order valence-corrected chi connectivity index (χ0v) is 11.7. The molecule has 0 N–H and O–H groups in total. The van der Waals surface area contributed by atoms with Crippen LogP contribution in [0.2, 0.25) is 0 Å². The Morgan fingerprint density at radius 1 is 1.65 bits per heavy atom. The quantitative estimate of drug-likeness (QED) is 0.478. The maximum Gasteiger partial charge on any atom is 0.270 e. The van der Waals surface area contributed by atoms with E-state index >= 15 is 0 Å². The highest BCUT2D eigenvalue weighted by Crippen LogP contribution is 2.26. The van der Waals surface area contributed by atoms with Crippen molar-refractivity contribution < 1.29 is 4.92 Å². The molecule has 1 unspecified atom stereocenters. The van der Waals surface area contributed by atoms with Crippen molar-refractivity contribution in [1.29, 1.82) is 5.26 Å². The Morgan fingerprint density at radius 2 is 2.29 bits per heavy atom. The molecule has 1 atom stereocenters. The number of benzene rings is 1. The number of hydrogen-bond acceptors (Lipinski definition) is 4. The highest BCUT2D eigenvalue weighted by atomic mass is 127. The van der Waals surface area contributed by atoms with E-state index in [4.69, 9.17) is 5.26 Å². The Kier molecular flexibility index (Phi) is 4.69. The smallest absolute Gasteiger partial charge is 0.270 e. The van der Waals surface area contributed by atoms with Crippen LogP contribution in [0, 0.1) is 30.9 Å². The van der Waals surface area contributed by atoms with Crippen LogP contribution in [0.15, 0.2) is 18.2 Å². The molecule has 0 saturated carbocycles. The second kappa shape index (κ2) is 5.82. The fourth-order valence-corrected chi connectivity index (χ4v) is 2.38. The van der Waals surface area contributed by atoms with Crippen LogP contribution in [0.25, 0.3) is 0 Å². The van der Waals surface area contributed by atoms with Crippen LogP contribution in [0.4, 0.5) is 11.4 Å². The molecule has 1 aromatic rings. The van der Waals surface area contributed by atoms with Crippen LogP contribution >= 0.6 is 22.6 Å². The van der Waals surface area contributed by atoms with Crippen molar-refractivity contribution in [3.05, 3.63) is 31.9 Å². The zero-order chi connectivity index (χ0) is 13.0. The van der Waals surface area contributed by atoms with E-state index in [1.54, 1.807) is 6.07 Å². The Morgan fingerprint density at radius 3 is 2.76 bits per heavy atom. The summed E-state index contributed by atoms with van der Waals surface area (Å²) in [4.78, 5) is 12.1. The van der Waals surface area contributed by atoms with E-state index in [0.717, 1.165) is 9.26 Å². The molecule has 0 spiro atoms. The normalized spacial score (nSPS) is 11.6. The number of nitro benzene ring substituents is 1. The van der Waals surface area contributed by atoms with E-state index in [2.05, 4.69) is 28.7 Å². The van der Waals surface area contributed by atoms with E-state index in [9.17, 15) is 10.1 Å². The summed E-state index contributed by atoms with van der Waals surface area (Å²) in [5.74, 6) is -0.0778. The summed E-state index contributed by atoms with van der Waals surface area (Å²) in [6, 6.07) is 6.88. The minimum Gasteiger partial charge on any atom is -0.372 e. The van der Waals surface area contributed by atoms with Crippen molar-refractivity contribution in [3.8, 4) is 6.07 Å². The largest absolute Gasteiger partial charge is 0.372 e. The molecule has 0 amide bonds. The lowest BCUT2D eigenvalue weighted by molar-refractivity contribution is -0.384. The molecule has 90 valence electrons. The van der Waals surface area contributed by atoms with E-state index < -0.39 is 4.92 Å². The second-order valence-corrected chi connectivity index (χ2v) is 4.97. The third-order valence-corrected chi connectivity index (χ3v) is 3.19. The van der Waals surface area contributed by atoms with Gasteiger partial charge in [0, 0.05) is 29.3 Å². The minimum atomic E-state index is -0.413. The van der Waals surface area contributed by atoms with Gasteiger partial charge in [0.2, 0.25) is 0 Å². The first-order valence-corrected chi connectivity index (χ1v) is 6.08. The fourth-order valence-electron chi connectivity index (χ4n) is 1.47. The number of hydrogen-bond donors (Lipinski definition) is 0.